The number of fused-ring (bicyclic) bond motifs is 3. The van der Waals surface area contributed by atoms with Gasteiger partial charge in [-0.25, -0.2) is 0 Å². The molecule has 1 aliphatic heterocycles. The van der Waals surface area contributed by atoms with E-state index in [1.165, 1.54) is 40.7 Å². The summed E-state index contributed by atoms with van der Waals surface area (Å²) in [6, 6.07) is 14.5. The van der Waals surface area contributed by atoms with Crippen LogP contribution in [-0.4, -0.2) is 49.1 Å². The lowest BCUT2D eigenvalue weighted by Gasteiger charge is -2.31. The van der Waals surface area contributed by atoms with Crippen LogP contribution in [0.3, 0.4) is 0 Å². The molecule has 30 heavy (non-hydrogen) atoms. The van der Waals surface area contributed by atoms with Crippen LogP contribution in [0.25, 0.3) is 10.9 Å². The van der Waals surface area contributed by atoms with E-state index < -0.39 is 0 Å². The number of benzene rings is 2. The van der Waals surface area contributed by atoms with Gasteiger partial charge in [0.2, 0.25) is 0 Å². The predicted molar refractivity (Wildman–Crippen MR) is 120 cm³/mol. The minimum atomic E-state index is 0.0689. The first-order valence-electron chi connectivity index (χ1n) is 11.0. The van der Waals surface area contributed by atoms with Crippen molar-refractivity contribution in [3.8, 4) is 0 Å². The molecule has 0 atom stereocenters. The molecule has 2 heterocycles. The number of rotatable bonds is 4. The number of hydrogen-bond donors (Lipinski definition) is 1. The molecule has 156 valence electrons. The lowest BCUT2D eigenvalue weighted by Crippen LogP contribution is -2.37. The molecule has 1 fully saturated rings. The van der Waals surface area contributed by atoms with Gasteiger partial charge in [-0.05, 0) is 61.1 Å². The van der Waals surface area contributed by atoms with Crippen molar-refractivity contribution in [3.05, 3.63) is 64.8 Å². The van der Waals surface area contributed by atoms with Crippen LogP contribution in [0.2, 0.25) is 0 Å². The Morgan fingerprint density at radius 1 is 1.10 bits per heavy atom. The molecule has 5 nitrogen and oxygen atoms in total. The molecular formula is C25H29N3O2. The summed E-state index contributed by atoms with van der Waals surface area (Å²) in [5, 5.41) is 1.22. The summed E-state index contributed by atoms with van der Waals surface area (Å²) >= 11 is 0. The molecule has 1 aliphatic carbocycles. The molecule has 1 amide bonds. The van der Waals surface area contributed by atoms with Crippen molar-refractivity contribution in [2.45, 2.75) is 32.2 Å². The van der Waals surface area contributed by atoms with Gasteiger partial charge in [0.15, 0.2) is 0 Å². The van der Waals surface area contributed by atoms with Gasteiger partial charge in [0, 0.05) is 54.5 Å². The standard InChI is InChI=1S/C25H29N3O2/c1-27(17-19-6-2-5-9-24(19)28-12-14-30-15-13-28)25(29)18-10-11-23-21(16-18)20-7-3-4-8-22(20)26-23/h2,5-6,9-11,16,26H,3-4,7-8,12-15,17H2,1H3. The Labute approximate surface area is 177 Å². The number of amides is 1. The molecule has 0 unspecified atom stereocenters. The summed E-state index contributed by atoms with van der Waals surface area (Å²) < 4.78 is 5.50. The number of ether oxygens (including phenoxy) is 1. The second-order valence-electron chi connectivity index (χ2n) is 8.44. The third-order valence-electron chi connectivity index (χ3n) is 6.44. The van der Waals surface area contributed by atoms with Crippen molar-refractivity contribution in [1.82, 2.24) is 9.88 Å². The van der Waals surface area contributed by atoms with Crippen molar-refractivity contribution in [2.75, 3.05) is 38.3 Å². The second-order valence-corrected chi connectivity index (χ2v) is 8.44. The van der Waals surface area contributed by atoms with Gasteiger partial charge in [-0.3, -0.25) is 4.79 Å². The van der Waals surface area contributed by atoms with E-state index in [0.29, 0.717) is 6.54 Å². The van der Waals surface area contributed by atoms with Crippen LogP contribution < -0.4 is 4.90 Å². The fourth-order valence-electron chi connectivity index (χ4n) is 4.84. The monoisotopic (exact) mass is 403 g/mol. The summed E-state index contributed by atoms with van der Waals surface area (Å²) in [4.78, 5) is 21.0. The average molecular weight is 404 g/mol. The number of morpholine rings is 1. The first-order valence-corrected chi connectivity index (χ1v) is 11.0. The molecule has 1 N–H and O–H groups in total. The Kier molecular flexibility index (Phi) is 5.21. The fraction of sp³-hybridized carbons (Fsp3) is 0.400. The Bertz CT molecular complexity index is 1070. The van der Waals surface area contributed by atoms with Gasteiger partial charge in [-0.15, -0.1) is 0 Å². The maximum absolute atomic E-state index is 13.3. The van der Waals surface area contributed by atoms with E-state index in [0.717, 1.165) is 50.2 Å². The molecule has 5 heteroatoms. The SMILES string of the molecule is CN(Cc1ccccc1N1CCOCC1)C(=O)c1ccc2[nH]c3c(c2c1)CCCC3. The van der Waals surface area contributed by atoms with E-state index in [1.807, 2.05) is 18.0 Å². The highest BCUT2D eigenvalue weighted by atomic mass is 16.5. The van der Waals surface area contributed by atoms with E-state index in [1.54, 1.807) is 0 Å². The van der Waals surface area contributed by atoms with Crippen LogP contribution in [0.5, 0.6) is 0 Å². The quantitative estimate of drug-likeness (QED) is 0.712. The molecule has 2 aromatic carbocycles. The molecule has 0 radical (unpaired) electrons. The smallest absolute Gasteiger partial charge is 0.253 e. The number of aromatic nitrogens is 1. The average Bonchev–Trinajstić information content (AvgIpc) is 3.17. The zero-order chi connectivity index (χ0) is 20.5. The molecule has 0 bridgehead atoms. The lowest BCUT2D eigenvalue weighted by atomic mass is 9.95. The van der Waals surface area contributed by atoms with E-state index in [2.05, 4.69) is 46.3 Å². The van der Waals surface area contributed by atoms with Crippen molar-refractivity contribution in [1.29, 1.82) is 0 Å². The molecule has 2 aliphatic rings. The van der Waals surface area contributed by atoms with Gasteiger partial charge in [0.1, 0.15) is 0 Å². The molecule has 1 aromatic heterocycles. The Hall–Kier alpha value is -2.79. The van der Waals surface area contributed by atoms with E-state index in [4.69, 9.17) is 4.74 Å². The second kappa shape index (κ2) is 8.15. The van der Waals surface area contributed by atoms with E-state index in [-0.39, 0.29) is 5.91 Å². The third-order valence-corrected chi connectivity index (χ3v) is 6.44. The highest BCUT2D eigenvalue weighted by molar-refractivity contribution is 5.99. The Morgan fingerprint density at radius 3 is 2.77 bits per heavy atom. The molecule has 0 saturated carbocycles. The summed E-state index contributed by atoms with van der Waals surface area (Å²) in [5.74, 6) is 0.0689. The zero-order valence-corrected chi connectivity index (χ0v) is 17.6. The molecule has 5 rings (SSSR count). The molecular weight excluding hydrogens is 374 g/mol. The van der Waals surface area contributed by atoms with Crippen LogP contribution in [0, 0.1) is 0 Å². The number of hydrogen-bond acceptors (Lipinski definition) is 3. The zero-order valence-electron chi connectivity index (χ0n) is 17.6. The number of carbonyl (C=O) groups is 1. The van der Waals surface area contributed by atoms with Crippen LogP contribution in [0.4, 0.5) is 5.69 Å². The number of aromatic amines is 1. The van der Waals surface area contributed by atoms with Gasteiger partial charge in [-0.2, -0.15) is 0 Å². The summed E-state index contributed by atoms with van der Waals surface area (Å²) in [7, 11) is 1.90. The largest absolute Gasteiger partial charge is 0.378 e. The Morgan fingerprint density at radius 2 is 1.90 bits per heavy atom. The van der Waals surface area contributed by atoms with Crippen molar-refractivity contribution in [3.63, 3.8) is 0 Å². The molecule has 3 aromatic rings. The number of carbonyl (C=O) groups excluding carboxylic acids is 1. The summed E-state index contributed by atoms with van der Waals surface area (Å²) in [5.41, 5.74) is 7.06. The number of anilines is 1. The summed E-state index contributed by atoms with van der Waals surface area (Å²) in [6.45, 7) is 3.89. The van der Waals surface area contributed by atoms with E-state index in [9.17, 15) is 4.79 Å². The van der Waals surface area contributed by atoms with Crippen LogP contribution in [0.15, 0.2) is 42.5 Å². The minimum absolute atomic E-state index is 0.0689. The van der Waals surface area contributed by atoms with E-state index >= 15 is 0 Å². The van der Waals surface area contributed by atoms with Gasteiger partial charge in [0.05, 0.1) is 13.2 Å². The number of nitrogens with zero attached hydrogens (tertiary/aromatic N) is 2. The highest BCUT2D eigenvalue weighted by Gasteiger charge is 2.20. The topological polar surface area (TPSA) is 48.6 Å². The van der Waals surface area contributed by atoms with Crippen molar-refractivity contribution in [2.24, 2.45) is 0 Å². The summed E-state index contributed by atoms with van der Waals surface area (Å²) in [6.07, 6.45) is 4.70. The maximum Gasteiger partial charge on any atom is 0.253 e. The highest BCUT2D eigenvalue weighted by Crippen LogP contribution is 2.30. The third kappa shape index (κ3) is 3.58. The van der Waals surface area contributed by atoms with Gasteiger partial charge >= 0.3 is 0 Å². The normalized spacial score (nSPS) is 16.5. The Balaban J connectivity index is 1.38. The molecule has 1 saturated heterocycles. The van der Waals surface area contributed by atoms with Gasteiger partial charge in [0.25, 0.3) is 5.91 Å². The van der Waals surface area contributed by atoms with Gasteiger partial charge < -0.3 is 19.5 Å². The van der Waals surface area contributed by atoms with Crippen LogP contribution >= 0.6 is 0 Å². The minimum Gasteiger partial charge on any atom is -0.378 e. The first-order chi connectivity index (χ1) is 14.7. The maximum atomic E-state index is 13.3. The predicted octanol–water partition coefficient (Wildman–Crippen LogP) is 4.16. The van der Waals surface area contributed by atoms with Crippen molar-refractivity contribution < 1.29 is 9.53 Å². The molecule has 0 spiro atoms. The van der Waals surface area contributed by atoms with Gasteiger partial charge in [-0.1, -0.05) is 18.2 Å². The fourth-order valence-corrected chi connectivity index (χ4v) is 4.84. The first kappa shape index (κ1) is 19.2. The number of H-pyrrole nitrogens is 1. The number of para-hydroxylation sites is 1. The number of aryl methyl sites for hydroxylation is 2. The lowest BCUT2D eigenvalue weighted by molar-refractivity contribution is 0.0785. The van der Waals surface area contributed by atoms with Crippen LogP contribution in [0.1, 0.15) is 40.0 Å². The number of nitrogens with one attached hydrogen (secondary N) is 1. The van der Waals surface area contributed by atoms with Crippen molar-refractivity contribution >= 4 is 22.5 Å². The van der Waals surface area contributed by atoms with Crippen LogP contribution in [-0.2, 0) is 24.1 Å².